The number of carbonyl (C=O) groups is 2. The number of fused-ring (bicyclic) bond motifs is 3. The van der Waals surface area contributed by atoms with Crippen molar-refractivity contribution in [3.63, 3.8) is 0 Å². The second-order valence-corrected chi connectivity index (χ2v) is 7.01. The van der Waals surface area contributed by atoms with Crippen LogP contribution in [0.5, 0.6) is 0 Å². The first-order chi connectivity index (χ1) is 12.6. The predicted octanol–water partition coefficient (Wildman–Crippen LogP) is 3.54. The summed E-state index contributed by atoms with van der Waals surface area (Å²) in [7, 11) is 1.33. The van der Waals surface area contributed by atoms with E-state index in [4.69, 9.17) is 9.15 Å². The molecule has 3 rings (SSSR count). The number of carbonyl (C=O) groups excluding carboxylic acids is 2. The first kappa shape index (κ1) is 18.3. The molecule has 0 spiro atoms. The van der Waals surface area contributed by atoms with Crippen molar-refractivity contribution in [2.45, 2.75) is 18.9 Å². The average molecular weight is 371 g/mol. The second kappa shape index (κ2) is 8.27. The van der Waals surface area contributed by atoms with E-state index in [-0.39, 0.29) is 12.3 Å². The number of esters is 1. The second-order valence-electron chi connectivity index (χ2n) is 6.02. The Labute approximate surface area is 156 Å². The molecule has 136 valence electrons. The molecule has 1 heterocycles. The van der Waals surface area contributed by atoms with Gasteiger partial charge in [-0.25, -0.2) is 4.79 Å². The topological polar surface area (TPSA) is 68.5 Å². The van der Waals surface area contributed by atoms with E-state index in [0.29, 0.717) is 6.42 Å². The Kier molecular flexibility index (Phi) is 5.83. The molecule has 0 unspecified atom stereocenters. The lowest BCUT2D eigenvalue weighted by Crippen LogP contribution is -2.42. The number of rotatable bonds is 7. The van der Waals surface area contributed by atoms with Crippen LogP contribution < -0.4 is 5.32 Å². The van der Waals surface area contributed by atoms with Crippen LogP contribution in [-0.4, -0.2) is 37.0 Å². The Morgan fingerprint density at radius 2 is 2.04 bits per heavy atom. The van der Waals surface area contributed by atoms with Crippen LogP contribution in [0.3, 0.4) is 0 Å². The van der Waals surface area contributed by atoms with E-state index in [1.165, 1.54) is 7.11 Å². The van der Waals surface area contributed by atoms with E-state index in [9.17, 15) is 9.59 Å². The highest BCUT2D eigenvalue weighted by molar-refractivity contribution is 7.98. The third-order valence-corrected chi connectivity index (χ3v) is 4.97. The van der Waals surface area contributed by atoms with E-state index < -0.39 is 12.0 Å². The normalized spacial score (nSPS) is 12.2. The van der Waals surface area contributed by atoms with Crippen molar-refractivity contribution in [3.05, 3.63) is 48.2 Å². The van der Waals surface area contributed by atoms with Gasteiger partial charge in [-0.3, -0.25) is 4.79 Å². The van der Waals surface area contributed by atoms with E-state index in [2.05, 4.69) is 5.32 Å². The molecule has 3 aromatic rings. The fourth-order valence-corrected chi connectivity index (χ4v) is 3.52. The molecule has 26 heavy (non-hydrogen) atoms. The van der Waals surface area contributed by atoms with Gasteiger partial charge in [-0.05, 0) is 35.3 Å². The van der Waals surface area contributed by atoms with Gasteiger partial charge in [-0.15, -0.1) is 0 Å². The molecule has 0 aliphatic carbocycles. The number of methoxy groups -OCH3 is 1. The molecule has 0 radical (unpaired) electrons. The smallest absolute Gasteiger partial charge is 0.328 e. The summed E-state index contributed by atoms with van der Waals surface area (Å²) >= 11 is 1.62. The highest BCUT2D eigenvalue weighted by Crippen LogP contribution is 2.30. The molecule has 1 amide bonds. The number of ether oxygens (including phenoxy) is 1. The molecule has 5 nitrogen and oxygen atoms in total. The van der Waals surface area contributed by atoms with Crippen LogP contribution in [-0.2, 0) is 20.7 Å². The Hall–Kier alpha value is -2.47. The SMILES string of the molecule is COC(=O)[C@@H](CCSC)NC(=O)Cc1coc2ccc3ccccc3c12. The Bertz CT molecular complexity index is 934. The first-order valence-corrected chi connectivity index (χ1v) is 9.77. The van der Waals surface area contributed by atoms with Gasteiger partial charge in [0.15, 0.2) is 0 Å². The standard InChI is InChI=1S/C20H21NO4S/c1-24-20(23)16(9-10-26-2)21-18(22)11-14-12-25-17-8-7-13-5-3-4-6-15(13)19(14)17/h3-8,12,16H,9-11H2,1-2H3,(H,21,22)/t16-/m1/s1. The van der Waals surface area contributed by atoms with E-state index in [1.54, 1.807) is 18.0 Å². The zero-order valence-corrected chi connectivity index (χ0v) is 15.6. The monoisotopic (exact) mass is 371 g/mol. The van der Waals surface area contributed by atoms with Gasteiger partial charge >= 0.3 is 5.97 Å². The lowest BCUT2D eigenvalue weighted by atomic mass is 10.0. The quantitative estimate of drug-likeness (QED) is 0.644. The van der Waals surface area contributed by atoms with Crippen molar-refractivity contribution in [1.82, 2.24) is 5.32 Å². The summed E-state index contributed by atoms with van der Waals surface area (Å²) in [5, 5.41) is 5.87. The van der Waals surface area contributed by atoms with Gasteiger partial charge in [0.2, 0.25) is 5.91 Å². The lowest BCUT2D eigenvalue weighted by Gasteiger charge is -2.15. The summed E-state index contributed by atoms with van der Waals surface area (Å²) < 4.78 is 10.4. The molecule has 0 aliphatic heterocycles. The summed E-state index contributed by atoms with van der Waals surface area (Å²) in [5.41, 5.74) is 1.56. The molecule has 0 bridgehead atoms. The molecule has 0 fully saturated rings. The van der Waals surface area contributed by atoms with Crippen molar-refractivity contribution >= 4 is 45.4 Å². The van der Waals surface area contributed by atoms with Gasteiger partial charge in [-0.1, -0.05) is 30.3 Å². The molecule has 0 saturated carbocycles. The van der Waals surface area contributed by atoms with E-state index in [0.717, 1.165) is 33.1 Å². The fourth-order valence-electron chi connectivity index (χ4n) is 3.05. The minimum atomic E-state index is -0.630. The van der Waals surface area contributed by atoms with Crippen molar-refractivity contribution in [1.29, 1.82) is 0 Å². The molecular formula is C20H21NO4S. The van der Waals surface area contributed by atoms with Gasteiger partial charge in [-0.2, -0.15) is 11.8 Å². The summed E-state index contributed by atoms with van der Waals surface area (Å²) in [4.78, 5) is 24.4. The molecule has 2 aromatic carbocycles. The lowest BCUT2D eigenvalue weighted by molar-refractivity contribution is -0.145. The van der Waals surface area contributed by atoms with Crippen LogP contribution >= 0.6 is 11.8 Å². The number of benzene rings is 2. The third kappa shape index (κ3) is 3.85. The molecule has 1 N–H and O–H groups in total. The van der Waals surface area contributed by atoms with Crippen LogP contribution in [0, 0.1) is 0 Å². The number of hydrogen-bond acceptors (Lipinski definition) is 5. The van der Waals surface area contributed by atoms with E-state index >= 15 is 0 Å². The number of hydrogen-bond donors (Lipinski definition) is 1. The number of nitrogens with one attached hydrogen (secondary N) is 1. The molecule has 6 heteroatoms. The summed E-state index contributed by atoms with van der Waals surface area (Å²) in [5.74, 6) is 0.117. The van der Waals surface area contributed by atoms with Gasteiger partial charge in [0.25, 0.3) is 0 Å². The largest absolute Gasteiger partial charge is 0.467 e. The van der Waals surface area contributed by atoms with Gasteiger partial charge in [0.05, 0.1) is 19.8 Å². The van der Waals surface area contributed by atoms with Crippen molar-refractivity contribution in [2.24, 2.45) is 0 Å². The molecule has 1 atom stereocenters. The Morgan fingerprint density at radius 3 is 2.81 bits per heavy atom. The zero-order chi connectivity index (χ0) is 18.5. The minimum Gasteiger partial charge on any atom is -0.467 e. The summed E-state index contributed by atoms with van der Waals surface area (Å²) in [6.45, 7) is 0. The maximum atomic E-state index is 12.5. The third-order valence-electron chi connectivity index (χ3n) is 4.32. The fraction of sp³-hybridized carbons (Fsp3) is 0.300. The average Bonchev–Trinajstić information content (AvgIpc) is 3.07. The summed E-state index contributed by atoms with van der Waals surface area (Å²) in [6, 6.07) is 11.3. The van der Waals surface area contributed by atoms with Crippen LogP contribution in [0.2, 0.25) is 0 Å². The number of thioether (sulfide) groups is 1. The zero-order valence-electron chi connectivity index (χ0n) is 14.8. The molecule has 1 aromatic heterocycles. The van der Waals surface area contributed by atoms with Gasteiger partial charge in [0.1, 0.15) is 11.6 Å². The first-order valence-electron chi connectivity index (χ1n) is 8.38. The van der Waals surface area contributed by atoms with Crippen LogP contribution in [0.4, 0.5) is 0 Å². The van der Waals surface area contributed by atoms with Gasteiger partial charge in [0, 0.05) is 10.9 Å². The van der Waals surface area contributed by atoms with Crippen molar-refractivity contribution < 1.29 is 18.7 Å². The van der Waals surface area contributed by atoms with Crippen LogP contribution in [0.15, 0.2) is 47.1 Å². The van der Waals surface area contributed by atoms with Gasteiger partial charge < -0.3 is 14.5 Å². The van der Waals surface area contributed by atoms with Crippen molar-refractivity contribution in [3.8, 4) is 0 Å². The Morgan fingerprint density at radius 1 is 1.23 bits per heavy atom. The highest BCUT2D eigenvalue weighted by atomic mass is 32.2. The Balaban J connectivity index is 1.83. The van der Waals surface area contributed by atoms with Crippen molar-refractivity contribution in [2.75, 3.05) is 19.1 Å². The van der Waals surface area contributed by atoms with Crippen LogP contribution in [0.1, 0.15) is 12.0 Å². The molecular weight excluding hydrogens is 350 g/mol. The minimum absolute atomic E-state index is 0.147. The van der Waals surface area contributed by atoms with Crippen LogP contribution in [0.25, 0.3) is 21.7 Å². The molecule has 0 saturated heterocycles. The maximum Gasteiger partial charge on any atom is 0.328 e. The number of furan rings is 1. The maximum absolute atomic E-state index is 12.5. The van der Waals surface area contributed by atoms with E-state index in [1.807, 2.05) is 42.7 Å². The highest BCUT2D eigenvalue weighted by Gasteiger charge is 2.22. The molecule has 0 aliphatic rings. The number of amides is 1. The predicted molar refractivity (Wildman–Crippen MR) is 104 cm³/mol. The summed E-state index contributed by atoms with van der Waals surface area (Å²) in [6.07, 6.45) is 4.26.